The van der Waals surface area contributed by atoms with E-state index >= 15 is 0 Å². The molecule has 2 heterocycles. The van der Waals surface area contributed by atoms with Gasteiger partial charge in [0.1, 0.15) is 18.5 Å². The summed E-state index contributed by atoms with van der Waals surface area (Å²) in [5, 5.41) is 15.3. The van der Waals surface area contributed by atoms with Crippen molar-refractivity contribution in [2.75, 3.05) is 18.1 Å². The molecule has 144 valence electrons. The minimum absolute atomic E-state index is 0.0530. The highest BCUT2D eigenvalue weighted by Crippen LogP contribution is 2.32. The summed E-state index contributed by atoms with van der Waals surface area (Å²) in [5.41, 5.74) is 10.1. The largest absolute Gasteiger partial charge is 0.490 e. The number of carbonyl (C=O) groups excluding carboxylic acids is 1. The lowest BCUT2D eigenvalue weighted by Crippen LogP contribution is -2.51. The molecule has 0 saturated heterocycles. The minimum atomic E-state index is -0.298. The molecule has 1 atom stereocenters. The summed E-state index contributed by atoms with van der Waals surface area (Å²) in [6.45, 7) is 0.631. The van der Waals surface area contributed by atoms with Gasteiger partial charge >= 0.3 is 6.03 Å². The predicted octanol–water partition coefficient (Wildman–Crippen LogP) is 1.90. The number of amides is 2. The van der Waals surface area contributed by atoms with Gasteiger partial charge in [-0.3, -0.25) is 4.90 Å². The van der Waals surface area contributed by atoms with Crippen molar-refractivity contribution in [3.63, 3.8) is 0 Å². The van der Waals surface area contributed by atoms with Crippen LogP contribution in [-0.4, -0.2) is 30.5 Å². The normalized spacial score (nSPS) is 18.0. The van der Waals surface area contributed by atoms with Gasteiger partial charge in [-0.05, 0) is 35.9 Å². The molecule has 0 aliphatic carbocycles. The number of carbonyl (C=O) groups is 1. The molecule has 5 N–H and O–H groups in total. The number of hydrogen-bond acceptors (Lipinski definition) is 5. The number of urea groups is 1. The molecule has 0 bridgehead atoms. The average Bonchev–Trinajstić information content (AvgIpc) is 3.14. The molecular formula is C21H22N4O3. The second-order valence-electron chi connectivity index (χ2n) is 6.52. The number of nitrogens with two attached hydrogens (primary N) is 1. The Hall–Kier alpha value is -3.29. The predicted molar refractivity (Wildman–Crippen MR) is 107 cm³/mol. The first-order chi connectivity index (χ1) is 13.7. The number of nitrogens with zero attached hydrogens (tertiary/aromatic N) is 1. The van der Waals surface area contributed by atoms with Gasteiger partial charge in [-0.1, -0.05) is 24.3 Å². The number of anilines is 1. The third kappa shape index (κ3) is 3.45. The zero-order chi connectivity index (χ0) is 19.5. The van der Waals surface area contributed by atoms with E-state index in [0.717, 1.165) is 28.1 Å². The molecule has 0 saturated carbocycles. The maximum absolute atomic E-state index is 12.6. The van der Waals surface area contributed by atoms with Crippen LogP contribution >= 0.6 is 0 Å². The maximum Gasteiger partial charge on any atom is 0.327 e. The fraction of sp³-hybridized carbons (Fsp3) is 0.190. The monoisotopic (exact) mass is 378 g/mol. The topological polar surface area (TPSA) is 99.8 Å². The van der Waals surface area contributed by atoms with Gasteiger partial charge in [-0.2, -0.15) is 0 Å². The summed E-state index contributed by atoms with van der Waals surface area (Å²) in [6.07, 6.45) is 3.53. The molecule has 2 aromatic carbocycles. The van der Waals surface area contributed by atoms with Gasteiger partial charge in [0.05, 0.1) is 12.3 Å². The van der Waals surface area contributed by atoms with Gasteiger partial charge in [-0.25, -0.2) is 4.79 Å². The van der Waals surface area contributed by atoms with Crippen LogP contribution in [0.3, 0.4) is 0 Å². The Morgan fingerprint density at radius 2 is 1.89 bits per heavy atom. The van der Waals surface area contributed by atoms with E-state index in [1.807, 2.05) is 60.8 Å². The Morgan fingerprint density at radius 1 is 1.11 bits per heavy atom. The summed E-state index contributed by atoms with van der Waals surface area (Å²) >= 11 is 0. The Kier molecular flexibility index (Phi) is 5.01. The molecule has 0 spiro atoms. The first-order valence-corrected chi connectivity index (χ1v) is 9.11. The van der Waals surface area contributed by atoms with Crippen LogP contribution in [0.25, 0.3) is 5.70 Å². The lowest BCUT2D eigenvalue weighted by atomic mass is 10.1. The highest BCUT2D eigenvalue weighted by Gasteiger charge is 2.31. The zero-order valence-corrected chi connectivity index (χ0v) is 15.3. The number of fused-ring (bicyclic) bond motifs is 1. The van der Waals surface area contributed by atoms with Crippen molar-refractivity contribution in [2.24, 2.45) is 5.73 Å². The van der Waals surface area contributed by atoms with Crippen molar-refractivity contribution in [1.82, 2.24) is 10.6 Å². The summed E-state index contributed by atoms with van der Waals surface area (Å²) < 4.78 is 5.63. The molecule has 2 aliphatic rings. The van der Waals surface area contributed by atoms with Crippen molar-refractivity contribution in [3.05, 3.63) is 77.5 Å². The third-order valence-corrected chi connectivity index (χ3v) is 4.69. The second-order valence-corrected chi connectivity index (χ2v) is 6.52. The Labute approximate surface area is 163 Å². The fourth-order valence-corrected chi connectivity index (χ4v) is 3.27. The third-order valence-electron chi connectivity index (χ3n) is 4.69. The van der Waals surface area contributed by atoms with E-state index < -0.39 is 0 Å². The standard InChI is InChI=1S/C21H22N4O3/c22-12-14-5-7-16(8-6-14)25-13-15-11-18(23-20(15)24-21(25)27)17-3-1-2-4-19(17)28-10-9-26/h1-8,11,13,20,23,26H,9-10,12,22H2,(H,24,27). The molecule has 2 aromatic rings. The fourth-order valence-electron chi connectivity index (χ4n) is 3.27. The van der Waals surface area contributed by atoms with Gasteiger partial charge in [0, 0.05) is 29.6 Å². The van der Waals surface area contributed by atoms with Crippen molar-refractivity contribution in [1.29, 1.82) is 0 Å². The molecular weight excluding hydrogens is 356 g/mol. The molecule has 28 heavy (non-hydrogen) atoms. The minimum Gasteiger partial charge on any atom is -0.490 e. The van der Waals surface area contributed by atoms with Crippen molar-refractivity contribution in [2.45, 2.75) is 12.7 Å². The van der Waals surface area contributed by atoms with E-state index in [1.54, 1.807) is 4.90 Å². The Morgan fingerprint density at radius 3 is 2.64 bits per heavy atom. The number of aliphatic hydroxyl groups is 1. The van der Waals surface area contributed by atoms with Crippen molar-refractivity contribution >= 4 is 17.4 Å². The van der Waals surface area contributed by atoms with E-state index in [4.69, 9.17) is 15.6 Å². The lowest BCUT2D eigenvalue weighted by Gasteiger charge is -2.29. The van der Waals surface area contributed by atoms with Gasteiger partial charge in [0.2, 0.25) is 0 Å². The summed E-state index contributed by atoms with van der Waals surface area (Å²) in [7, 11) is 0. The van der Waals surface area contributed by atoms with Gasteiger partial charge in [0.15, 0.2) is 0 Å². The Balaban J connectivity index is 1.62. The second kappa shape index (κ2) is 7.75. The van der Waals surface area contributed by atoms with Crippen molar-refractivity contribution in [3.8, 4) is 5.75 Å². The van der Waals surface area contributed by atoms with E-state index in [2.05, 4.69) is 10.6 Å². The van der Waals surface area contributed by atoms with E-state index in [0.29, 0.717) is 12.3 Å². The Bertz CT molecular complexity index is 937. The number of aliphatic hydroxyl groups excluding tert-OH is 1. The van der Waals surface area contributed by atoms with Crippen LogP contribution in [0.4, 0.5) is 10.5 Å². The van der Waals surface area contributed by atoms with Gasteiger partial charge in [-0.15, -0.1) is 0 Å². The van der Waals surface area contributed by atoms with Crippen LogP contribution in [0.5, 0.6) is 5.75 Å². The summed E-state index contributed by atoms with van der Waals surface area (Å²) in [6, 6.07) is 15.0. The number of rotatable bonds is 6. The molecule has 0 radical (unpaired) electrons. The maximum atomic E-state index is 12.6. The highest BCUT2D eigenvalue weighted by molar-refractivity contribution is 5.96. The SMILES string of the molecule is NCc1ccc(N2C=C3C=C(c4ccccc4OCCO)NC3NC2=O)cc1. The lowest BCUT2D eigenvalue weighted by molar-refractivity contribution is 0.201. The van der Waals surface area contributed by atoms with Crippen LogP contribution < -0.4 is 26.0 Å². The van der Waals surface area contributed by atoms with E-state index in [-0.39, 0.29) is 25.4 Å². The molecule has 7 heteroatoms. The number of para-hydroxylation sites is 1. The van der Waals surface area contributed by atoms with Crippen LogP contribution in [0.15, 0.2) is 66.4 Å². The molecule has 7 nitrogen and oxygen atoms in total. The smallest absolute Gasteiger partial charge is 0.327 e. The molecule has 2 aliphatic heterocycles. The summed E-state index contributed by atoms with van der Waals surface area (Å²) in [4.78, 5) is 14.2. The molecule has 2 amide bonds. The first-order valence-electron chi connectivity index (χ1n) is 9.11. The van der Waals surface area contributed by atoms with E-state index in [1.165, 1.54) is 0 Å². The van der Waals surface area contributed by atoms with Crippen molar-refractivity contribution < 1.29 is 14.6 Å². The number of nitrogens with one attached hydrogen (secondary N) is 2. The van der Waals surface area contributed by atoms with Crippen LogP contribution in [0.2, 0.25) is 0 Å². The number of benzene rings is 2. The zero-order valence-electron chi connectivity index (χ0n) is 15.3. The van der Waals surface area contributed by atoms with Gasteiger partial charge in [0.25, 0.3) is 0 Å². The summed E-state index contributed by atoms with van der Waals surface area (Å²) in [5.74, 6) is 0.676. The average molecular weight is 378 g/mol. The molecule has 1 unspecified atom stereocenters. The van der Waals surface area contributed by atoms with Crippen LogP contribution in [0.1, 0.15) is 11.1 Å². The molecule has 0 fully saturated rings. The highest BCUT2D eigenvalue weighted by atomic mass is 16.5. The molecule has 4 rings (SSSR count). The quantitative estimate of drug-likeness (QED) is 0.615. The van der Waals surface area contributed by atoms with E-state index in [9.17, 15) is 4.79 Å². The first kappa shape index (κ1) is 18.1. The number of ether oxygens (including phenoxy) is 1. The van der Waals surface area contributed by atoms with Gasteiger partial charge < -0.3 is 26.2 Å². The van der Waals surface area contributed by atoms with Crippen LogP contribution in [0, 0.1) is 0 Å². The number of hydrogen-bond donors (Lipinski definition) is 4. The van der Waals surface area contributed by atoms with Crippen LogP contribution in [-0.2, 0) is 6.54 Å². The molecule has 0 aromatic heterocycles.